The van der Waals surface area contributed by atoms with Crippen LogP contribution in [0, 0.1) is 12.8 Å². The maximum absolute atomic E-state index is 13.1. The highest BCUT2D eigenvalue weighted by molar-refractivity contribution is 7.17. The van der Waals surface area contributed by atoms with Crippen molar-refractivity contribution in [1.29, 1.82) is 0 Å². The third-order valence-electron chi connectivity index (χ3n) is 4.30. The maximum atomic E-state index is 13.1. The Morgan fingerprint density at radius 1 is 1.30 bits per heavy atom. The number of imide groups is 1. The Hall–Kier alpha value is -3.31. The monoisotopic (exact) mass is 430 g/mol. The standard InChI is InChI=1S/C19H22N6O4S/c1-10-16(30-19(20-10)22-21-11(2)26)18(29)25-17(28)13(9-24(3)4)15(23-25)12-7-5-6-8-14(12)27/h5-8,13,27H,9H2,1-4H3,(H,20,22)(H,21,26)/t13-/m1/s1. The number of hydrogen-bond donors (Lipinski definition) is 3. The van der Waals surface area contributed by atoms with Gasteiger partial charge >= 0.3 is 0 Å². The van der Waals surface area contributed by atoms with E-state index >= 15 is 0 Å². The summed E-state index contributed by atoms with van der Waals surface area (Å²) in [5.41, 5.74) is 6.15. The van der Waals surface area contributed by atoms with E-state index in [4.69, 9.17) is 0 Å². The number of nitrogens with one attached hydrogen (secondary N) is 2. The Morgan fingerprint density at radius 3 is 2.63 bits per heavy atom. The van der Waals surface area contributed by atoms with E-state index in [1.807, 2.05) is 19.0 Å². The van der Waals surface area contributed by atoms with E-state index in [9.17, 15) is 19.5 Å². The predicted octanol–water partition coefficient (Wildman–Crippen LogP) is 1.18. The summed E-state index contributed by atoms with van der Waals surface area (Å²) in [5, 5.41) is 15.7. The number of nitrogens with zero attached hydrogens (tertiary/aromatic N) is 4. The van der Waals surface area contributed by atoms with Gasteiger partial charge in [-0.1, -0.05) is 23.5 Å². The molecule has 1 aliphatic rings. The number of benzene rings is 1. The van der Waals surface area contributed by atoms with Crippen LogP contribution in [-0.2, 0) is 9.59 Å². The first-order valence-corrected chi connectivity index (χ1v) is 9.90. The van der Waals surface area contributed by atoms with Crippen LogP contribution in [0.25, 0.3) is 0 Å². The van der Waals surface area contributed by atoms with Gasteiger partial charge in [0.1, 0.15) is 10.6 Å². The third kappa shape index (κ3) is 4.31. The summed E-state index contributed by atoms with van der Waals surface area (Å²) in [5.74, 6) is -2.12. The van der Waals surface area contributed by atoms with Crippen molar-refractivity contribution in [1.82, 2.24) is 20.3 Å². The topological polar surface area (TPSA) is 127 Å². The number of hydrazone groups is 1. The number of thiazole rings is 1. The number of aromatic hydroxyl groups is 1. The van der Waals surface area contributed by atoms with Crippen LogP contribution in [0.2, 0.25) is 0 Å². The van der Waals surface area contributed by atoms with E-state index in [1.165, 1.54) is 13.0 Å². The average molecular weight is 430 g/mol. The molecule has 0 bridgehead atoms. The molecule has 158 valence electrons. The molecule has 1 atom stereocenters. The minimum absolute atomic E-state index is 0.0159. The van der Waals surface area contributed by atoms with E-state index in [0.29, 0.717) is 28.6 Å². The molecule has 2 heterocycles. The van der Waals surface area contributed by atoms with E-state index in [2.05, 4.69) is 20.9 Å². The van der Waals surface area contributed by atoms with Crippen LogP contribution in [-0.4, -0.2) is 64.1 Å². The molecule has 3 rings (SSSR count). The lowest BCUT2D eigenvalue weighted by Crippen LogP contribution is -2.37. The van der Waals surface area contributed by atoms with Crippen molar-refractivity contribution < 1.29 is 19.5 Å². The van der Waals surface area contributed by atoms with E-state index in [1.54, 1.807) is 25.1 Å². The average Bonchev–Trinajstić information content (AvgIpc) is 3.20. The van der Waals surface area contributed by atoms with Gasteiger partial charge in [-0.3, -0.25) is 25.2 Å². The molecule has 0 unspecified atom stereocenters. The number of phenolic OH excluding ortho intramolecular Hbond substituents is 1. The highest BCUT2D eigenvalue weighted by Crippen LogP contribution is 2.30. The van der Waals surface area contributed by atoms with Gasteiger partial charge in [-0.05, 0) is 33.2 Å². The molecule has 30 heavy (non-hydrogen) atoms. The molecule has 0 fully saturated rings. The summed E-state index contributed by atoms with van der Waals surface area (Å²) < 4.78 is 0. The second kappa shape index (κ2) is 8.59. The second-order valence-corrected chi connectivity index (χ2v) is 8.01. The minimum atomic E-state index is -0.706. The smallest absolute Gasteiger partial charge is 0.293 e. The summed E-state index contributed by atoms with van der Waals surface area (Å²) in [4.78, 5) is 43.5. The van der Waals surface area contributed by atoms with Crippen LogP contribution in [0.3, 0.4) is 0 Å². The first-order valence-electron chi connectivity index (χ1n) is 9.09. The zero-order valence-electron chi connectivity index (χ0n) is 17.0. The van der Waals surface area contributed by atoms with Crippen LogP contribution in [0.15, 0.2) is 29.4 Å². The minimum Gasteiger partial charge on any atom is -0.507 e. The lowest BCUT2D eigenvalue weighted by molar-refractivity contribution is -0.129. The van der Waals surface area contributed by atoms with Gasteiger partial charge in [0, 0.05) is 19.0 Å². The first kappa shape index (κ1) is 21.4. The Bertz CT molecular complexity index is 1030. The molecular formula is C19H22N6O4S. The summed E-state index contributed by atoms with van der Waals surface area (Å²) in [6.45, 7) is 3.30. The Kier molecular flexibility index (Phi) is 6.13. The molecular weight excluding hydrogens is 408 g/mol. The van der Waals surface area contributed by atoms with Crippen molar-refractivity contribution in [2.45, 2.75) is 13.8 Å². The Morgan fingerprint density at radius 2 is 2.00 bits per heavy atom. The van der Waals surface area contributed by atoms with Gasteiger partial charge in [-0.15, -0.1) is 0 Å². The molecule has 0 saturated carbocycles. The van der Waals surface area contributed by atoms with Crippen LogP contribution in [0.1, 0.15) is 27.9 Å². The number of phenols is 1. The third-order valence-corrected chi connectivity index (χ3v) is 5.36. The number of anilines is 1. The van der Waals surface area contributed by atoms with E-state index in [-0.39, 0.29) is 16.5 Å². The number of aromatic nitrogens is 1. The molecule has 0 saturated heterocycles. The predicted molar refractivity (Wildman–Crippen MR) is 112 cm³/mol. The fourth-order valence-electron chi connectivity index (χ4n) is 2.98. The molecule has 3 N–H and O–H groups in total. The summed E-state index contributed by atoms with van der Waals surface area (Å²) in [6, 6.07) is 6.56. The van der Waals surface area contributed by atoms with Crippen molar-refractivity contribution in [2.75, 3.05) is 26.1 Å². The summed E-state index contributed by atoms with van der Waals surface area (Å²) in [7, 11) is 3.63. The van der Waals surface area contributed by atoms with Gasteiger partial charge in [-0.25, -0.2) is 4.98 Å². The molecule has 1 aromatic carbocycles. The van der Waals surface area contributed by atoms with Crippen LogP contribution in [0.5, 0.6) is 5.75 Å². The lowest BCUT2D eigenvalue weighted by atomic mass is 9.95. The first-order chi connectivity index (χ1) is 14.2. The highest BCUT2D eigenvalue weighted by Gasteiger charge is 2.42. The Labute approximate surface area is 177 Å². The summed E-state index contributed by atoms with van der Waals surface area (Å²) >= 11 is 1.00. The van der Waals surface area contributed by atoms with Gasteiger partial charge in [-0.2, -0.15) is 10.1 Å². The van der Waals surface area contributed by atoms with E-state index < -0.39 is 17.7 Å². The van der Waals surface area contributed by atoms with Crippen LogP contribution >= 0.6 is 11.3 Å². The fourth-order valence-corrected chi connectivity index (χ4v) is 3.83. The number of amides is 3. The van der Waals surface area contributed by atoms with Crippen molar-refractivity contribution in [3.63, 3.8) is 0 Å². The number of carbonyl (C=O) groups excluding carboxylic acids is 3. The molecule has 0 aliphatic carbocycles. The Balaban J connectivity index is 1.95. The maximum Gasteiger partial charge on any atom is 0.293 e. The number of hydrogen-bond acceptors (Lipinski definition) is 9. The quantitative estimate of drug-likeness (QED) is 0.464. The number of aryl methyl sites for hydroxylation is 1. The van der Waals surface area contributed by atoms with E-state index in [0.717, 1.165) is 16.3 Å². The van der Waals surface area contributed by atoms with Crippen molar-refractivity contribution in [2.24, 2.45) is 11.0 Å². The normalized spacial score (nSPS) is 16.0. The molecule has 1 aliphatic heterocycles. The second-order valence-electron chi connectivity index (χ2n) is 7.01. The molecule has 10 nitrogen and oxygen atoms in total. The number of rotatable bonds is 6. The molecule has 0 radical (unpaired) electrons. The van der Waals surface area contributed by atoms with Gasteiger partial charge < -0.3 is 10.0 Å². The molecule has 11 heteroatoms. The zero-order valence-corrected chi connectivity index (χ0v) is 17.8. The number of para-hydroxylation sites is 1. The summed E-state index contributed by atoms with van der Waals surface area (Å²) in [6.07, 6.45) is 0. The highest BCUT2D eigenvalue weighted by atomic mass is 32.1. The zero-order chi connectivity index (χ0) is 22.0. The van der Waals surface area contributed by atoms with Gasteiger partial charge in [0.05, 0.1) is 17.3 Å². The van der Waals surface area contributed by atoms with Gasteiger partial charge in [0.2, 0.25) is 11.0 Å². The van der Waals surface area contributed by atoms with Crippen molar-refractivity contribution in [3.05, 3.63) is 40.4 Å². The fraction of sp³-hybridized carbons (Fsp3) is 0.316. The van der Waals surface area contributed by atoms with Crippen LogP contribution in [0.4, 0.5) is 5.13 Å². The molecule has 3 amide bonds. The number of carbonyl (C=O) groups is 3. The molecule has 2 aromatic rings. The number of hydrazine groups is 1. The molecule has 0 spiro atoms. The largest absolute Gasteiger partial charge is 0.507 e. The van der Waals surface area contributed by atoms with Crippen LogP contribution < -0.4 is 10.9 Å². The lowest BCUT2D eigenvalue weighted by Gasteiger charge is -2.17. The SMILES string of the molecule is CC(=O)NNc1nc(C)c(C(=O)N2N=C(c3ccccc3O)[C@@H](CN(C)C)C2=O)s1. The van der Waals surface area contributed by atoms with Crippen molar-refractivity contribution in [3.8, 4) is 5.75 Å². The van der Waals surface area contributed by atoms with Gasteiger partial charge in [0.15, 0.2) is 0 Å². The van der Waals surface area contributed by atoms with Crippen molar-refractivity contribution >= 4 is 39.9 Å². The molecule has 1 aromatic heterocycles. The van der Waals surface area contributed by atoms with Gasteiger partial charge in [0.25, 0.3) is 11.8 Å².